The third-order valence-electron chi connectivity index (χ3n) is 2.82. The lowest BCUT2D eigenvalue weighted by Gasteiger charge is -2.35. The maximum atomic E-state index is 12.7. The van der Waals surface area contributed by atoms with E-state index in [2.05, 4.69) is 0 Å². The standard InChI is InChI=1S/C11H20F6O4Si/c1-4-19-22(20-5-2,21-6-3)8-7-9(18,10(12,13)14)11(15,16)17/h18H,4-8H2,1-3H3. The molecule has 0 heterocycles. The van der Waals surface area contributed by atoms with Gasteiger partial charge in [-0.05, 0) is 27.2 Å². The summed E-state index contributed by atoms with van der Waals surface area (Å²) in [5.41, 5.74) is -4.83. The molecule has 0 saturated carbocycles. The summed E-state index contributed by atoms with van der Waals surface area (Å²) in [5.74, 6) is 0. The second-order valence-corrected chi connectivity index (χ2v) is 7.07. The second kappa shape index (κ2) is 7.95. The minimum atomic E-state index is -5.87. The average Bonchev–Trinajstić information content (AvgIpc) is 2.34. The van der Waals surface area contributed by atoms with Crippen LogP contribution in [0.4, 0.5) is 26.3 Å². The van der Waals surface area contributed by atoms with Crippen molar-refractivity contribution in [2.45, 2.75) is 51.2 Å². The van der Waals surface area contributed by atoms with Gasteiger partial charge in [0.05, 0.1) is 0 Å². The first-order valence-electron chi connectivity index (χ1n) is 6.66. The molecule has 0 atom stereocenters. The molecule has 0 bridgehead atoms. The molecule has 0 aliphatic carbocycles. The summed E-state index contributed by atoms with van der Waals surface area (Å²) < 4.78 is 91.5. The summed E-state index contributed by atoms with van der Waals surface area (Å²) in [6.45, 7) is 4.55. The van der Waals surface area contributed by atoms with Gasteiger partial charge in [0.25, 0.3) is 5.60 Å². The highest BCUT2D eigenvalue weighted by molar-refractivity contribution is 6.60. The Kier molecular flexibility index (Phi) is 7.82. The van der Waals surface area contributed by atoms with Crippen LogP contribution in [0.15, 0.2) is 0 Å². The Labute approximate surface area is 125 Å². The molecule has 1 N–H and O–H groups in total. The fourth-order valence-electron chi connectivity index (χ4n) is 1.78. The van der Waals surface area contributed by atoms with Crippen LogP contribution in [-0.4, -0.2) is 51.7 Å². The van der Waals surface area contributed by atoms with E-state index < -0.39 is 39.2 Å². The molecule has 0 amide bonds. The average molecular weight is 358 g/mol. The third-order valence-corrected chi connectivity index (χ3v) is 5.87. The molecule has 11 heteroatoms. The lowest BCUT2D eigenvalue weighted by molar-refractivity contribution is -0.368. The zero-order valence-corrected chi connectivity index (χ0v) is 13.5. The van der Waals surface area contributed by atoms with Crippen LogP contribution in [0.25, 0.3) is 0 Å². The zero-order chi connectivity index (χ0) is 17.7. The van der Waals surface area contributed by atoms with Gasteiger partial charge in [-0.1, -0.05) is 0 Å². The van der Waals surface area contributed by atoms with Crippen molar-refractivity contribution in [1.29, 1.82) is 0 Å². The SMILES string of the molecule is CCO[Si](CCC(O)(C(F)(F)F)C(F)(F)F)(OCC)OCC. The summed E-state index contributed by atoms with van der Waals surface area (Å²) in [6.07, 6.45) is -13.4. The molecule has 0 rings (SSSR count). The van der Waals surface area contributed by atoms with Crippen molar-refractivity contribution in [1.82, 2.24) is 0 Å². The number of aliphatic hydroxyl groups is 1. The van der Waals surface area contributed by atoms with Crippen molar-refractivity contribution in [3.05, 3.63) is 0 Å². The molecule has 0 aromatic heterocycles. The van der Waals surface area contributed by atoms with Gasteiger partial charge in [-0.25, -0.2) is 0 Å². The van der Waals surface area contributed by atoms with Crippen molar-refractivity contribution in [3.63, 3.8) is 0 Å². The predicted molar refractivity (Wildman–Crippen MR) is 67.1 cm³/mol. The van der Waals surface area contributed by atoms with Crippen LogP contribution in [0, 0.1) is 0 Å². The van der Waals surface area contributed by atoms with Gasteiger partial charge in [-0.15, -0.1) is 0 Å². The molecule has 22 heavy (non-hydrogen) atoms. The Hall–Kier alpha value is -0.363. The van der Waals surface area contributed by atoms with Crippen LogP contribution >= 0.6 is 0 Å². The molecule has 0 aromatic rings. The maximum absolute atomic E-state index is 12.7. The van der Waals surface area contributed by atoms with Crippen molar-refractivity contribution in [2.24, 2.45) is 0 Å². The van der Waals surface area contributed by atoms with Crippen LogP contribution in [0.2, 0.25) is 6.04 Å². The highest BCUT2D eigenvalue weighted by Gasteiger charge is 2.70. The van der Waals surface area contributed by atoms with Gasteiger partial charge >= 0.3 is 21.2 Å². The fraction of sp³-hybridized carbons (Fsp3) is 1.00. The summed E-state index contributed by atoms with van der Waals surface area (Å²) in [5, 5.41) is 9.16. The minimum Gasteiger partial charge on any atom is -0.374 e. The Morgan fingerprint density at radius 3 is 1.32 bits per heavy atom. The summed E-state index contributed by atoms with van der Waals surface area (Å²) >= 11 is 0. The van der Waals surface area contributed by atoms with Gasteiger partial charge in [0.1, 0.15) is 0 Å². The Bertz CT molecular complexity index is 303. The van der Waals surface area contributed by atoms with Gasteiger partial charge in [-0.2, -0.15) is 26.3 Å². The van der Waals surface area contributed by atoms with Gasteiger partial charge in [-0.3, -0.25) is 0 Å². The van der Waals surface area contributed by atoms with Crippen molar-refractivity contribution >= 4 is 8.80 Å². The maximum Gasteiger partial charge on any atom is 0.501 e. The largest absolute Gasteiger partial charge is 0.501 e. The first-order valence-corrected chi connectivity index (χ1v) is 8.60. The quantitative estimate of drug-likeness (QED) is 0.508. The van der Waals surface area contributed by atoms with Gasteiger partial charge < -0.3 is 18.4 Å². The number of hydrogen-bond acceptors (Lipinski definition) is 4. The normalized spacial score (nSPS) is 14.5. The molecule has 0 fully saturated rings. The van der Waals surface area contributed by atoms with Gasteiger partial charge in [0.15, 0.2) is 0 Å². The summed E-state index contributed by atoms with van der Waals surface area (Å²) in [6, 6.07) is -0.808. The van der Waals surface area contributed by atoms with Crippen LogP contribution in [-0.2, 0) is 13.3 Å². The van der Waals surface area contributed by atoms with E-state index >= 15 is 0 Å². The zero-order valence-electron chi connectivity index (χ0n) is 12.5. The van der Waals surface area contributed by atoms with Crippen LogP contribution in [0.5, 0.6) is 0 Å². The molecule has 0 radical (unpaired) electrons. The Morgan fingerprint density at radius 1 is 0.773 bits per heavy atom. The van der Waals surface area contributed by atoms with Crippen molar-refractivity contribution in [3.8, 4) is 0 Å². The van der Waals surface area contributed by atoms with E-state index in [9.17, 15) is 26.3 Å². The van der Waals surface area contributed by atoms with E-state index in [1.807, 2.05) is 0 Å². The number of halogens is 6. The monoisotopic (exact) mass is 358 g/mol. The second-order valence-electron chi connectivity index (χ2n) is 4.34. The van der Waals surface area contributed by atoms with E-state index in [0.29, 0.717) is 0 Å². The van der Waals surface area contributed by atoms with E-state index in [1.165, 1.54) is 20.8 Å². The van der Waals surface area contributed by atoms with Crippen molar-refractivity contribution in [2.75, 3.05) is 19.8 Å². The first-order chi connectivity index (χ1) is 9.89. The highest BCUT2D eigenvalue weighted by atomic mass is 28.4. The van der Waals surface area contributed by atoms with Crippen molar-refractivity contribution < 1.29 is 44.7 Å². The topological polar surface area (TPSA) is 47.9 Å². The molecular formula is C11H20F6O4Si. The molecule has 134 valence electrons. The van der Waals surface area contributed by atoms with E-state index in [-0.39, 0.29) is 19.8 Å². The summed E-state index contributed by atoms with van der Waals surface area (Å²) in [7, 11) is -3.72. The molecular weight excluding hydrogens is 338 g/mol. The van der Waals surface area contributed by atoms with Crippen LogP contribution in [0.1, 0.15) is 27.2 Å². The molecule has 0 unspecified atom stereocenters. The molecule has 0 saturated heterocycles. The molecule has 0 aliphatic rings. The lowest BCUT2D eigenvalue weighted by atomic mass is 9.99. The van der Waals surface area contributed by atoms with E-state index in [1.54, 1.807) is 0 Å². The Morgan fingerprint density at radius 2 is 1.09 bits per heavy atom. The molecule has 4 nitrogen and oxygen atoms in total. The summed E-state index contributed by atoms with van der Waals surface area (Å²) in [4.78, 5) is 0. The van der Waals surface area contributed by atoms with E-state index in [4.69, 9.17) is 18.4 Å². The third kappa shape index (κ3) is 5.08. The lowest BCUT2D eigenvalue weighted by Crippen LogP contribution is -2.58. The number of rotatable bonds is 9. The number of hydrogen-bond donors (Lipinski definition) is 1. The molecule has 0 aliphatic heterocycles. The molecule has 0 aromatic carbocycles. The van der Waals surface area contributed by atoms with Gasteiger partial charge in [0, 0.05) is 25.9 Å². The highest BCUT2D eigenvalue weighted by Crippen LogP contribution is 2.46. The Balaban J connectivity index is 5.37. The number of alkyl halides is 6. The fourth-order valence-corrected chi connectivity index (χ4v) is 4.45. The first kappa shape index (κ1) is 21.6. The smallest absolute Gasteiger partial charge is 0.374 e. The minimum absolute atomic E-state index is 0.00267. The van der Waals surface area contributed by atoms with Gasteiger partial charge in [0.2, 0.25) is 0 Å². The molecule has 0 spiro atoms. The predicted octanol–water partition coefficient (Wildman–Crippen LogP) is 3.28. The van der Waals surface area contributed by atoms with E-state index in [0.717, 1.165) is 0 Å². The van der Waals surface area contributed by atoms with Crippen LogP contribution in [0.3, 0.4) is 0 Å². The van der Waals surface area contributed by atoms with Crippen LogP contribution < -0.4 is 0 Å².